The normalized spacial score (nSPS) is 16.5. The molecular formula is C12H15NO4. The Labute approximate surface area is 99.8 Å². The molecule has 1 aliphatic rings. The fraction of sp³-hybridized carbons (Fsp3) is 0.417. The molecule has 0 aromatic rings. The van der Waals surface area contributed by atoms with Gasteiger partial charge in [0.2, 0.25) is 0 Å². The van der Waals surface area contributed by atoms with E-state index in [-0.39, 0.29) is 6.61 Å². The fourth-order valence-electron chi connectivity index (χ4n) is 1.37. The van der Waals surface area contributed by atoms with E-state index >= 15 is 0 Å². The average Bonchev–Trinajstić information content (AvgIpc) is 2.35. The van der Waals surface area contributed by atoms with Gasteiger partial charge in [-0.3, -0.25) is 4.84 Å². The number of hydrogen-bond donors (Lipinski definition) is 0. The summed E-state index contributed by atoms with van der Waals surface area (Å²) in [5.41, 5.74) is 1.56. The van der Waals surface area contributed by atoms with Crippen LogP contribution in [0.15, 0.2) is 29.0 Å². The van der Waals surface area contributed by atoms with Crippen molar-refractivity contribution in [3.8, 4) is 0 Å². The summed E-state index contributed by atoms with van der Waals surface area (Å²) in [6.45, 7) is 1.94. The van der Waals surface area contributed by atoms with Crippen molar-refractivity contribution in [3.63, 3.8) is 0 Å². The van der Waals surface area contributed by atoms with Gasteiger partial charge in [0, 0.05) is 12.8 Å². The van der Waals surface area contributed by atoms with Crippen LogP contribution in [0.2, 0.25) is 0 Å². The third-order valence-electron chi connectivity index (χ3n) is 2.14. The first-order valence-electron chi connectivity index (χ1n) is 5.48. The monoisotopic (exact) mass is 237 g/mol. The molecule has 92 valence electrons. The Hall–Kier alpha value is -1.91. The summed E-state index contributed by atoms with van der Waals surface area (Å²) in [4.78, 5) is 25.9. The van der Waals surface area contributed by atoms with Gasteiger partial charge in [-0.1, -0.05) is 23.4 Å². The highest BCUT2D eigenvalue weighted by molar-refractivity contribution is 6.02. The molecule has 1 rings (SSSR count). The number of nitrogens with zero attached hydrogens (tertiary/aromatic N) is 1. The lowest BCUT2D eigenvalue weighted by Crippen LogP contribution is -2.09. The van der Waals surface area contributed by atoms with Crippen molar-refractivity contribution in [2.24, 2.45) is 5.16 Å². The average molecular weight is 237 g/mol. The van der Waals surface area contributed by atoms with Gasteiger partial charge in [-0.05, 0) is 18.9 Å². The van der Waals surface area contributed by atoms with Gasteiger partial charge < -0.3 is 9.53 Å². The van der Waals surface area contributed by atoms with Crippen LogP contribution in [0.4, 0.5) is 4.79 Å². The van der Waals surface area contributed by atoms with E-state index in [0.717, 1.165) is 11.9 Å². The molecule has 5 heteroatoms. The fourth-order valence-corrected chi connectivity index (χ4v) is 1.37. The van der Waals surface area contributed by atoms with Gasteiger partial charge >= 0.3 is 6.16 Å². The Balaban J connectivity index is 2.58. The Morgan fingerprint density at radius 3 is 3.12 bits per heavy atom. The molecule has 0 unspecified atom stereocenters. The summed E-state index contributed by atoms with van der Waals surface area (Å²) in [6, 6.07) is 0. The number of allylic oxidation sites excluding steroid dienone is 4. The first-order chi connectivity index (χ1) is 8.27. The summed E-state index contributed by atoms with van der Waals surface area (Å²) >= 11 is 0. The summed E-state index contributed by atoms with van der Waals surface area (Å²) < 4.78 is 4.59. The molecule has 5 nitrogen and oxygen atoms in total. The van der Waals surface area contributed by atoms with Gasteiger partial charge in [-0.15, -0.1) is 0 Å². The van der Waals surface area contributed by atoms with Crippen LogP contribution >= 0.6 is 0 Å². The van der Waals surface area contributed by atoms with Crippen LogP contribution in [-0.2, 0) is 14.4 Å². The van der Waals surface area contributed by atoms with E-state index < -0.39 is 6.16 Å². The third-order valence-corrected chi connectivity index (χ3v) is 2.14. The highest BCUT2D eigenvalue weighted by Gasteiger charge is 2.10. The zero-order chi connectivity index (χ0) is 12.5. The molecule has 0 saturated carbocycles. The van der Waals surface area contributed by atoms with Gasteiger partial charge in [-0.25, -0.2) is 4.79 Å². The van der Waals surface area contributed by atoms with E-state index in [2.05, 4.69) is 14.7 Å². The SMILES string of the molecule is CCOC(=O)ON=C1CC=CC=C1CCC=O. The molecular weight excluding hydrogens is 222 g/mol. The van der Waals surface area contributed by atoms with Crippen LogP contribution in [0.5, 0.6) is 0 Å². The second-order valence-electron chi connectivity index (χ2n) is 3.34. The molecule has 0 aromatic heterocycles. The lowest BCUT2D eigenvalue weighted by atomic mass is 9.99. The van der Waals surface area contributed by atoms with Crippen LogP contribution in [0.25, 0.3) is 0 Å². The standard InChI is InChI=1S/C12H15NO4/c1-2-16-12(15)17-13-11-8-4-3-6-10(11)7-5-9-14/h3-4,6,9H,2,5,7-8H2,1H3. The zero-order valence-electron chi connectivity index (χ0n) is 9.72. The maximum Gasteiger partial charge on any atom is 0.535 e. The predicted molar refractivity (Wildman–Crippen MR) is 62.7 cm³/mol. The van der Waals surface area contributed by atoms with Crippen LogP contribution in [-0.4, -0.2) is 24.8 Å². The molecule has 0 atom stereocenters. The molecule has 0 fully saturated rings. The molecule has 0 aliphatic heterocycles. The molecule has 0 amide bonds. The highest BCUT2D eigenvalue weighted by Crippen LogP contribution is 2.15. The van der Waals surface area contributed by atoms with Gasteiger partial charge in [0.25, 0.3) is 0 Å². The first-order valence-corrected chi connectivity index (χ1v) is 5.48. The van der Waals surface area contributed by atoms with Gasteiger partial charge in [-0.2, -0.15) is 0 Å². The topological polar surface area (TPSA) is 65.0 Å². The summed E-state index contributed by atoms with van der Waals surface area (Å²) in [7, 11) is 0. The second kappa shape index (κ2) is 7.38. The second-order valence-corrected chi connectivity index (χ2v) is 3.34. The van der Waals surface area contributed by atoms with Crippen molar-refractivity contribution in [1.29, 1.82) is 0 Å². The summed E-state index contributed by atoms with van der Waals surface area (Å²) in [6.07, 6.45) is 7.30. The minimum absolute atomic E-state index is 0.247. The van der Waals surface area contributed by atoms with E-state index in [0.29, 0.717) is 25.0 Å². The maximum absolute atomic E-state index is 11.0. The molecule has 17 heavy (non-hydrogen) atoms. The van der Waals surface area contributed by atoms with Crippen LogP contribution in [0.3, 0.4) is 0 Å². The Bertz CT molecular complexity index is 369. The Morgan fingerprint density at radius 2 is 2.41 bits per heavy atom. The summed E-state index contributed by atoms with van der Waals surface area (Å²) in [5.74, 6) is 0. The van der Waals surface area contributed by atoms with Crippen LogP contribution in [0.1, 0.15) is 26.2 Å². The van der Waals surface area contributed by atoms with E-state index in [1.165, 1.54) is 0 Å². The molecule has 0 bridgehead atoms. The molecule has 0 heterocycles. The molecule has 0 aromatic carbocycles. The number of ether oxygens (including phenoxy) is 1. The highest BCUT2D eigenvalue weighted by atomic mass is 16.8. The van der Waals surface area contributed by atoms with E-state index in [9.17, 15) is 9.59 Å². The van der Waals surface area contributed by atoms with Crippen LogP contribution < -0.4 is 0 Å². The Morgan fingerprint density at radius 1 is 1.59 bits per heavy atom. The quantitative estimate of drug-likeness (QED) is 0.319. The van der Waals surface area contributed by atoms with Crippen molar-refractivity contribution in [2.45, 2.75) is 26.2 Å². The first kappa shape index (κ1) is 13.2. The number of rotatable bonds is 5. The molecule has 0 saturated heterocycles. The zero-order valence-corrected chi connectivity index (χ0v) is 9.72. The number of carbonyl (C=O) groups excluding carboxylic acids is 2. The van der Waals surface area contributed by atoms with Crippen molar-refractivity contribution in [1.82, 2.24) is 0 Å². The van der Waals surface area contributed by atoms with Crippen LogP contribution in [0, 0.1) is 0 Å². The minimum atomic E-state index is -0.815. The lowest BCUT2D eigenvalue weighted by molar-refractivity contribution is -0.107. The smallest absolute Gasteiger partial charge is 0.433 e. The molecule has 0 N–H and O–H groups in total. The molecule has 0 radical (unpaired) electrons. The van der Waals surface area contributed by atoms with Crippen molar-refractivity contribution in [2.75, 3.05) is 6.61 Å². The largest absolute Gasteiger partial charge is 0.535 e. The number of aldehydes is 1. The van der Waals surface area contributed by atoms with Gasteiger partial charge in [0.15, 0.2) is 0 Å². The Kier molecular flexibility index (Phi) is 5.71. The van der Waals surface area contributed by atoms with E-state index in [1.807, 2.05) is 18.2 Å². The maximum atomic E-state index is 11.0. The van der Waals surface area contributed by atoms with E-state index in [4.69, 9.17) is 0 Å². The number of hydrogen-bond acceptors (Lipinski definition) is 5. The van der Waals surface area contributed by atoms with Crippen molar-refractivity contribution in [3.05, 3.63) is 23.8 Å². The van der Waals surface area contributed by atoms with Gasteiger partial charge in [0.05, 0.1) is 12.3 Å². The predicted octanol–water partition coefficient (Wildman–Crippen LogP) is 2.38. The lowest BCUT2D eigenvalue weighted by Gasteiger charge is -2.10. The summed E-state index contributed by atoms with van der Waals surface area (Å²) in [5, 5.41) is 3.74. The van der Waals surface area contributed by atoms with Gasteiger partial charge in [0.1, 0.15) is 6.29 Å². The molecule has 0 spiro atoms. The van der Waals surface area contributed by atoms with Crippen molar-refractivity contribution >= 4 is 18.2 Å². The third kappa shape index (κ3) is 4.63. The number of oxime groups is 1. The van der Waals surface area contributed by atoms with Crippen molar-refractivity contribution < 1.29 is 19.2 Å². The number of carbonyl (C=O) groups is 2. The van der Waals surface area contributed by atoms with E-state index in [1.54, 1.807) is 6.92 Å². The minimum Gasteiger partial charge on any atom is -0.433 e. The molecule has 1 aliphatic carbocycles.